The first-order valence-electron chi connectivity index (χ1n) is 6.88. The number of aliphatic hydroxyl groups excluding tert-OH is 1. The minimum absolute atomic E-state index is 0.132. The smallest absolute Gasteiger partial charge is 0.0672 e. The fourth-order valence-corrected chi connectivity index (χ4v) is 3.70. The summed E-state index contributed by atoms with van der Waals surface area (Å²) in [5.74, 6) is 1.03. The zero-order valence-electron chi connectivity index (χ0n) is 10.7. The molecule has 2 aliphatic rings. The van der Waals surface area contributed by atoms with Crippen LogP contribution in [0.5, 0.6) is 0 Å². The first-order chi connectivity index (χ1) is 9.22. The summed E-state index contributed by atoms with van der Waals surface area (Å²) in [6.07, 6.45) is 3.75. The minimum atomic E-state index is -0.132. The Labute approximate surface area is 111 Å². The Hall–Kier alpha value is -1.75. The number of hydrogen-bond donors (Lipinski definition) is 3. The van der Waals surface area contributed by atoms with E-state index in [-0.39, 0.29) is 6.10 Å². The largest absolute Gasteiger partial charge is 0.397 e. The van der Waals surface area contributed by atoms with E-state index < -0.39 is 0 Å². The van der Waals surface area contributed by atoms with Gasteiger partial charge in [-0.1, -0.05) is 0 Å². The SMILES string of the molecule is Nc1cc2cn[nH]c2cc1N1CC2CCC(O)C2C1. The Kier molecular flexibility index (Phi) is 2.26. The molecule has 1 saturated heterocycles. The molecule has 1 saturated carbocycles. The zero-order valence-corrected chi connectivity index (χ0v) is 10.7. The number of H-pyrrole nitrogens is 1. The van der Waals surface area contributed by atoms with Gasteiger partial charge in [0.25, 0.3) is 0 Å². The first kappa shape index (κ1) is 11.1. The van der Waals surface area contributed by atoms with Gasteiger partial charge in [-0.3, -0.25) is 5.10 Å². The average Bonchev–Trinajstić information content (AvgIpc) is 3.05. The van der Waals surface area contributed by atoms with Crippen molar-refractivity contribution in [2.45, 2.75) is 18.9 Å². The molecule has 4 N–H and O–H groups in total. The van der Waals surface area contributed by atoms with Crippen LogP contribution in [0.1, 0.15) is 12.8 Å². The number of hydrogen-bond acceptors (Lipinski definition) is 4. The fraction of sp³-hybridized carbons (Fsp3) is 0.500. The number of fused-ring (bicyclic) bond motifs is 2. The standard InChI is InChI=1S/C14H18N4O/c15-11-3-9-5-16-17-12(9)4-13(11)18-6-8-1-2-14(19)10(8)7-18/h3-5,8,10,14,19H,1-2,6-7,15H2,(H,16,17). The number of nitrogen functional groups attached to an aromatic ring is 1. The van der Waals surface area contributed by atoms with Crippen LogP contribution in [-0.4, -0.2) is 34.5 Å². The minimum Gasteiger partial charge on any atom is -0.397 e. The topological polar surface area (TPSA) is 78.2 Å². The number of nitrogens with one attached hydrogen (secondary N) is 1. The lowest BCUT2D eigenvalue weighted by atomic mass is 10.00. The van der Waals surface area contributed by atoms with Crippen LogP contribution in [0, 0.1) is 11.8 Å². The van der Waals surface area contributed by atoms with Gasteiger partial charge in [-0.25, -0.2) is 0 Å². The van der Waals surface area contributed by atoms with Crippen molar-refractivity contribution in [3.63, 3.8) is 0 Å². The predicted molar refractivity (Wildman–Crippen MR) is 74.9 cm³/mol. The summed E-state index contributed by atoms with van der Waals surface area (Å²) >= 11 is 0. The van der Waals surface area contributed by atoms with Gasteiger partial charge >= 0.3 is 0 Å². The lowest BCUT2D eigenvalue weighted by Crippen LogP contribution is -2.25. The van der Waals surface area contributed by atoms with Crippen molar-refractivity contribution >= 4 is 22.3 Å². The van der Waals surface area contributed by atoms with E-state index in [1.54, 1.807) is 6.20 Å². The second kappa shape index (κ2) is 3.87. The van der Waals surface area contributed by atoms with Gasteiger partial charge in [0.05, 0.1) is 29.2 Å². The molecule has 2 aromatic rings. The number of rotatable bonds is 1. The highest BCUT2D eigenvalue weighted by Crippen LogP contribution is 2.41. The van der Waals surface area contributed by atoms with Gasteiger partial charge in [-0.2, -0.15) is 5.10 Å². The predicted octanol–water partition coefficient (Wildman–Crippen LogP) is 1.35. The molecule has 0 spiro atoms. The van der Waals surface area contributed by atoms with Gasteiger partial charge in [-0.15, -0.1) is 0 Å². The summed E-state index contributed by atoms with van der Waals surface area (Å²) in [7, 11) is 0. The van der Waals surface area contributed by atoms with Crippen LogP contribution in [0.2, 0.25) is 0 Å². The van der Waals surface area contributed by atoms with Crippen LogP contribution in [0.4, 0.5) is 11.4 Å². The molecule has 1 aromatic carbocycles. The molecule has 100 valence electrons. The summed E-state index contributed by atoms with van der Waals surface area (Å²) in [5.41, 5.74) is 9.04. The Balaban J connectivity index is 1.69. The van der Waals surface area contributed by atoms with Gasteiger partial charge in [0.2, 0.25) is 0 Å². The van der Waals surface area contributed by atoms with E-state index in [0.29, 0.717) is 11.8 Å². The van der Waals surface area contributed by atoms with Crippen LogP contribution in [0.15, 0.2) is 18.3 Å². The van der Waals surface area contributed by atoms with Crippen LogP contribution < -0.4 is 10.6 Å². The second-order valence-electron chi connectivity index (χ2n) is 5.84. The molecule has 3 unspecified atom stereocenters. The van der Waals surface area contributed by atoms with Crippen molar-refractivity contribution in [3.8, 4) is 0 Å². The summed E-state index contributed by atoms with van der Waals surface area (Å²) < 4.78 is 0. The molecular weight excluding hydrogens is 240 g/mol. The number of aromatic amines is 1. The van der Waals surface area contributed by atoms with Gasteiger partial charge in [0, 0.05) is 24.4 Å². The summed E-state index contributed by atoms with van der Waals surface area (Å²) in [4.78, 5) is 2.31. The number of benzene rings is 1. The van der Waals surface area contributed by atoms with E-state index in [0.717, 1.165) is 48.2 Å². The number of nitrogens with two attached hydrogens (primary N) is 1. The maximum Gasteiger partial charge on any atom is 0.0672 e. The average molecular weight is 258 g/mol. The molecule has 2 heterocycles. The van der Waals surface area contributed by atoms with E-state index >= 15 is 0 Å². The first-order valence-corrected chi connectivity index (χ1v) is 6.88. The van der Waals surface area contributed by atoms with E-state index in [2.05, 4.69) is 21.2 Å². The molecule has 0 radical (unpaired) electrons. The van der Waals surface area contributed by atoms with Gasteiger partial charge < -0.3 is 15.7 Å². The summed E-state index contributed by atoms with van der Waals surface area (Å²) in [5, 5.41) is 18.1. The quantitative estimate of drug-likeness (QED) is 0.675. The normalized spacial score (nSPS) is 30.2. The van der Waals surface area contributed by atoms with Crippen molar-refractivity contribution in [1.82, 2.24) is 10.2 Å². The lowest BCUT2D eigenvalue weighted by Gasteiger charge is -2.22. The second-order valence-corrected chi connectivity index (χ2v) is 5.84. The van der Waals surface area contributed by atoms with Crippen molar-refractivity contribution in [2.75, 3.05) is 23.7 Å². The van der Waals surface area contributed by atoms with E-state index in [9.17, 15) is 5.11 Å². The third kappa shape index (κ3) is 1.61. The molecule has 3 atom stereocenters. The van der Waals surface area contributed by atoms with Crippen molar-refractivity contribution in [1.29, 1.82) is 0 Å². The van der Waals surface area contributed by atoms with Gasteiger partial charge in [0.15, 0.2) is 0 Å². The van der Waals surface area contributed by atoms with E-state index in [4.69, 9.17) is 5.73 Å². The van der Waals surface area contributed by atoms with Gasteiger partial charge in [-0.05, 0) is 30.9 Å². The van der Waals surface area contributed by atoms with E-state index in [1.165, 1.54) is 0 Å². The van der Waals surface area contributed by atoms with E-state index in [1.807, 2.05) is 6.07 Å². The maximum absolute atomic E-state index is 10.00. The molecular formula is C14H18N4O. The monoisotopic (exact) mass is 258 g/mol. The van der Waals surface area contributed by atoms with Crippen LogP contribution in [0.25, 0.3) is 10.9 Å². The lowest BCUT2D eigenvalue weighted by molar-refractivity contribution is 0.133. The Bertz CT molecular complexity index is 623. The highest BCUT2D eigenvalue weighted by molar-refractivity contribution is 5.89. The van der Waals surface area contributed by atoms with Gasteiger partial charge in [0.1, 0.15) is 0 Å². The summed E-state index contributed by atoms with van der Waals surface area (Å²) in [6.45, 7) is 1.92. The molecule has 1 aliphatic carbocycles. The summed E-state index contributed by atoms with van der Waals surface area (Å²) in [6, 6.07) is 4.05. The highest BCUT2D eigenvalue weighted by Gasteiger charge is 2.42. The molecule has 5 heteroatoms. The number of aromatic nitrogens is 2. The van der Waals surface area contributed by atoms with Crippen molar-refractivity contribution in [3.05, 3.63) is 18.3 Å². The maximum atomic E-state index is 10.00. The Morgan fingerprint density at radius 2 is 2.21 bits per heavy atom. The highest BCUT2D eigenvalue weighted by atomic mass is 16.3. The number of nitrogens with zero attached hydrogens (tertiary/aromatic N) is 2. The molecule has 1 aromatic heterocycles. The number of aliphatic hydroxyl groups is 1. The molecule has 0 bridgehead atoms. The molecule has 4 rings (SSSR count). The van der Waals surface area contributed by atoms with Crippen LogP contribution in [-0.2, 0) is 0 Å². The Morgan fingerprint density at radius 3 is 3.05 bits per heavy atom. The van der Waals surface area contributed by atoms with Crippen LogP contribution in [0.3, 0.4) is 0 Å². The van der Waals surface area contributed by atoms with Crippen molar-refractivity contribution < 1.29 is 5.11 Å². The third-order valence-electron chi connectivity index (χ3n) is 4.75. The van der Waals surface area contributed by atoms with Crippen molar-refractivity contribution in [2.24, 2.45) is 11.8 Å². The van der Waals surface area contributed by atoms with Crippen LogP contribution >= 0.6 is 0 Å². The zero-order chi connectivity index (χ0) is 13.0. The Morgan fingerprint density at radius 1 is 1.32 bits per heavy atom. The number of anilines is 2. The third-order valence-corrected chi connectivity index (χ3v) is 4.75. The fourth-order valence-electron chi connectivity index (χ4n) is 3.70. The molecule has 0 amide bonds. The molecule has 2 fully saturated rings. The molecule has 5 nitrogen and oxygen atoms in total. The molecule has 19 heavy (non-hydrogen) atoms. The molecule has 1 aliphatic heterocycles.